The van der Waals surface area contributed by atoms with E-state index < -0.39 is 0 Å². The van der Waals surface area contributed by atoms with Gasteiger partial charge in [0.15, 0.2) is 0 Å². The number of nitrogens with two attached hydrogens (primary N) is 1. The Morgan fingerprint density at radius 1 is 1.33 bits per heavy atom. The molecule has 1 amide bonds. The summed E-state index contributed by atoms with van der Waals surface area (Å²) >= 11 is 0. The zero-order valence-electron chi connectivity index (χ0n) is 12.2. The van der Waals surface area contributed by atoms with Gasteiger partial charge >= 0.3 is 0 Å². The molecule has 1 aromatic carbocycles. The molecular weight excluding hydrogens is 266 g/mol. The number of benzene rings is 1. The lowest BCUT2D eigenvalue weighted by Gasteiger charge is -2.08. The van der Waals surface area contributed by atoms with Crippen LogP contribution in [0.15, 0.2) is 36.4 Å². The summed E-state index contributed by atoms with van der Waals surface area (Å²) in [4.78, 5) is 16.4. The Morgan fingerprint density at radius 2 is 2.14 bits per heavy atom. The highest BCUT2D eigenvalue weighted by Crippen LogP contribution is 2.14. The summed E-state index contributed by atoms with van der Waals surface area (Å²) in [6, 6.07) is 10.9. The normalized spacial score (nSPS) is 10.4. The second-order valence-corrected chi connectivity index (χ2v) is 4.71. The predicted molar refractivity (Wildman–Crippen MR) is 83.1 cm³/mol. The van der Waals surface area contributed by atoms with E-state index in [1.165, 1.54) is 0 Å². The van der Waals surface area contributed by atoms with Crippen molar-refractivity contribution in [2.75, 3.05) is 18.2 Å². The van der Waals surface area contributed by atoms with Crippen LogP contribution in [0.1, 0.15) is 28.5 Å². The summed E-state index contributed by atoms with van der Waals surface area (Å²) in [6.45, 7) is 2.48. The maximum atomic E-state index is 12.3. The van der Waals surface area contributed by atoms with Gasteiger partial charge in [0.1, 0.15) is 5.82 Å². The molecule has 0 saturated carbocycles. The van der Waals surface area contributed by atoms with Gasteiger partial charge in [0.2, 0.25) is 0 Å². The SMILES string of the molecule is CCc1cc(C(=O)Nc2cccc(COC)c2)cc(N)n1. The minimum absolute atomic E-state index is 0.201. The average molecular weight is 285 g/mol. The number of hydrogen-bond donors (Lipinski definition) is 2. The van der Waals surface area contributed by atoms with Gasteiger partial charge in [0, 0.05) is 24.1 Å². The molecule has 110 valence electrons. The number of nitrogens with one attached hydrogen (secondary N) is 1. The maximum absolute atomic E-state index is 12.3. The van der Waals surface area contributed by atoms with Crippen LogP contribution < -0.4 is 11.1 Å². The predicted octanol–water partition coefficient (Wildman–Crippen LogP) is 2.62. The van der Waals surface area contributed by atoms with Crippen molar-refractivity contribution in [3.63, 3.8) is 0 Å². The molecule has 5 nitrogen and oxygen atoms in total. The number of methoxy groups -OCH3 is 1. The van der Waals surface area contributed by atoms with Crippen molar-refractivity contribution >= 4 is 17.4 Å². The van der Waals surface area contributed by atoms with Gasteiger partial charge in [0.25, 0.3) is 5.91 Å². The van der Waals surface area contributed by atoms with Crippen molar-refractivity contribution in [2.24, 2.45) is 0 Å². The minimum atomic E-state index is -0.201. The van der Waals surface area contributed by atoms with Crippen LogP contribution >= 0.6 is 0 Å². The van der Waals surface area contributed by atoms with Crippen molar-refractivity contribution in [3.05, 3.63) is 53.2 Å². The van der Waals surface area contributed by atoms with Crippen LogP contribution in [0, 0.1) is 0 Å². The zero-order valence-corrected chi connectivity index (χ0v) is 12.2. The molecular formula is C16H19N3O2. The molecule has 0 saturated heterocycles. The fourth-order valence-corrected chi connectivity index (χ4v) is 2.03. The van der Waals surface area contributed by atoms with E-state index in [-0.39, 0.29) is 5.91 Å². The Morgan fingerprint density at radius 3 is 2.86 bits per heavy atom. The van der Waals surface area contributed by atoms with Crippen LogP contribution in [0.3, 0.4) is 0 Å². The van der Waals surface area contributed by atoms with E-state index in [2.05, 4.69) is 10.3 Å². The van der Waals surface area contributed by atoms with Crippen LogP contribution in [-0.2, 0) is 17.8 Å². The van der Waals surface area contributed by atoms with Gasteiger partial charge in [-0.3, -0.25) is 4.79 Å². The number of aryl methyl sites for hydroxylation is 1. The lowest BCUT2D eigenvalue weighted by atomic mass is 10.1. The highest BCUT2D eigenvalue weighted by Gasteiger charge is 2.09. The molecule has 2 aromatic rings. The molecule has 5 heteroatoms. The molecule has 2 rings (SSSR count). The molecule has 0 atom stereocenters. The van der Waals surface area contributed by atoms with E-state index in [1.807, 2.05) is 31.2 Å². The lowest BCUT2D eigenvalue weighted by Crippen LogP contribution is -2.13. The third-order valence-corrected chi connectivity index (χ3v) is 3.02. The van der Waals surface area contributed by atoms with Crippen LogP contribution in [-0.4, -0.2) is 18.0 Å². The second-order valence-electron chi connectivity index (χ2n) is 4.71. The van der Waals surface area contributed by atoms with Crippen molar-refractivity contribution in [1.82, 2.24) is 4.98 Å². The molecule has 21 heavy (non-hydrogen) atoms. The molecule has 0 spiro atoms. The Balaban J connectivity index is 2.17. The highest BCUT2D eigenvalue weighted by atomic mass is 16.5. The lowest BCUT2D eigenvalue weighted by molar-refractivity contribution is 0.102. The number of ether oxygens (including phenoxy) is 1. The summed E-state index contributed by atoms with van der Waals surface area (Å²) in [7, 11) is 1.64. The minimum Gasteiger partial charge on any atom is -0.384 e. The molecule has 0 aliphatic heterocycles. The van der Waals surface area contributed by atoms with Crippen LogP contribution in [0.4, 0.5) is 11.5 Å². The molecule has 1 heterocycles. The number of carbonyl (C=O) groups excluding carboxylic acids is 1. The van der Waals surface area contributed by atoms with Crippen molar-refractivity contribution in [2.45, 2.75) is 20.0 Å². The number of amides is 1. The van der Waals surface area contributed by atoms with E-state index in [9.17, 15) is 4.79 Å². The monoisotopic (exact) mass is 285 g/mol. The quantitative estimate of drug-likeness (QED) is 0.885. The number of nitrogens with zero attached hydrogens (tertiary/aromatic N) is 1. The third kappa shape index (κ3) is 4.03. The fraction of sp³-hybridized carbons (Fsp3) is 0.250. The number of pyridine rings is 1. The zero-order chi connectivity index (χ0) is 15.2. The van der Waals surface area contributed by atoms with Gasteiger partial charge < -0.3 is 15.8 Å². The van der Waals surface area contributed by atoms with Crippen molar-refractivity contribution in [3.8, 4) is 0 Å². The van der Waals surface area contributed by atoms with E-state index in [0.717, 1.165) is 23.4 Å². The van der Waals surface area contributed by atoms with Crippen LogP contribution in [0.2, 0.25) is 0 Å². The number of anilines is 2. The van der Waals surface area contributed by atoms with Crippen LogP contribution in [0.25, 0.3) is 0 Å². The third-order valence-electron chi connectivity index (χ3n) is 3.02. The standard InChI is InChI=1S/C16H19N3O2/c1-3-13-8-12(9-15(17)18-13)16(20)19-14-6-4-5-11(7-14)10-21-2/h4-9H,3,10H2,1-2H3,(H2,17,18)(H,19,20). The molecule has 0 aliphatic carbocycles. The van der Waals surface area contributed by atoms with Gasteiger partial charge in [-0.05, 0) is 36.2 Å². The Bertz CT molecular complexity index is 641. The van der Waals surface area contributed by atoms with Crippen molar-refractivity contribution < 1.29 is 9.53 Å². The van der Waals surface area contributed by atoms with Gasteiger partial charge in [0.05, 0.1) is 6.61 Å². The van der Waals surface area contributed by atoms with E-state index >= 15 is 0 Å². The second kappa shape index (κ2) is 6.85. The fourth-order valence-electron chi connectivity index (χ4n) is 2.03. The maximum Gasteiger partial charge on any atom is 0.255 e. The first-order valence-electron chi connectivity index (χ1n) is 6.78. The number of hydrogen-bond acceptors (Lipinski definition) is 4. The first-order valence-corrected chi connectivity index (χ1v) is 6.78. The Labute approximate surface area is 124 Å². The summed E-state index contributed by atoms with van der Waals surface area (Å²) in [5.41, 5.74) is 8.76. The molecule has 0 bridgehead atoms. The summed E-state index contributed by atoms with van der Waals surface area (Å²) in [6.07, 6.45) is 0.731. The summed E-state index contributed by atoms with van der Waals surface area (Å²) in [5, 5.41) is 2.86. The first-order chi connectivity index (χ1) is 10.1. The smallest absolute Gasteiger partial charge is 0.255 e. The molecule has 3 N–H and O–H groups in total. The van der Waals surface area contributed by atoms with Crippen molar-refractivity contribution in [1.29, 1.82) is 0 Å². The summed E-state index contributed by atoms with van der Waals surface area (Å²) < 4.78 is 5.08. The van der Waals surface area contributed by atoms with Gasteiger partial charge in [-0.25, -0.2) is 4.98 Å². The first kappa shape index (κ1) is 15.0. The number of nitrogen functional groups attached to an aromatic ring is 1. The van der Waals surface area contributed by atoms with Gasteiger partial charge in [-0.2, -0.15) is 0 Å². The Hall–Kier alpha value is -2.40. The van der Waals surface area contributed by atoms with Gasteiger partial charge in [-0.1, -0.05) is 19.1 Å². The van der Waals surface area contributed by atoms with E-state index in [0.29, 0.717) is 18.0 Å². The number of carbonyl (C=O) groups is 1. The largest absolute Gasteiger partial charge is 0.384 e. The highest BCUT2D eigenvalue weighted by molar-refractivity contribution is 6.04. The molecule has 0 unspecified atom stereocenters. The molecule has 1 aromatic heterocycles. The summed E-state index contributed by atoms with van der Waals surface area (Å²) in [5.74, 6) is 0.154. The number of rotatable bonds is 5. The van der Waals surface area contributed by atoms with E-state index in [1.54, 1.807) is 19.2 Å². The van der Waals surface area contributed by atoms with Gasteiger partial charge in [-0.15, -0.1) is 0 Å². The van der Waals surface area contributed by atoms with E-state index in [4.69, 9.17) is 10.5 Å². The van der Waals surface area contributed by atoms with Crippen LogP contribution in [0.5, 0.6) is 0 Å². The molecule has 0 aliphatic rings. The average Bonchev–Trinajstić information content (AvgIpc) is 2.47. The Kier molecular flexibility index (Phi) is 4.90. The topological polar surface area (TPSA) is 77.2 Å². The number of aromatic nitrogens is 1. The molecule has 0 fully saturated rings. The molecule has 0 radical (unpaired) electrons.